The minimum atomic E-state index is -0.221. The molecule has 1 aliphatic carbocycles. The number of carbonyl (C=O) groups is 1. The molecule has 0 saturated heterocycles. The molecule has 23 heavy (non-hydrogen) atoms. The van der Waals surface area contributed by atoms with Crippen LogP contribution < -0.4 is 10.6 Å². The molecule has 0 fully saturated rings. The molecule has 1 unspecified atom stereocenters. The lowest BCUT2D eigenvalue weighted by Crippen LogP contribution is -2.36. The van der Waals surface area contributed by atoms with Crippen LogP contribution in [0, 0.1) is 5.82 Å². The van der Waals surface area contributed by atoms with E-state index in [-0.39, 0.29) is 17.9 Å². The van der Waals surface area contributed by atoms with Gasteiger partial charge in [0.1, 0.15) is 5.82 Å². The third-order valence-electron chi connectivity index (χ3n) is 4.13. The molecule has 3 nitrogen and oxygen atoms in total. The molecule has 5 heteroatoms. The van der Waals surface area contributed by atoms with E-state index < -0.39 is 0 Å². The highest BCUT2D eigenvalue weighted by atomic mass is 32.2. The first-order chi connectivity index (χ1) is 11.2. The Bertz CT molecular complexity index is 703. The first-order valence-corrected chi connectivity index (χ1v) is 8.84. The van der Waals surface area contributed by atoms with Crippen molar-refractivity contribution >= 4 is 17.8 Å². The van der Waals surface area contributed by atoms with Crippen LogP contribution in [0.2, 0.25) is 0 Å². The van der Waals surface area contributed by atoms with Gasteiger partial charge in [-0.3, -0.25) is 0 Å². The van der Waals surface area contributed by atoms with Gasteiger partial charge in [-0.1, -0.05) is 24.3 Å². The summed E-state index contributed by atoms with van der Waals surface area (Å²) in [5, 5.41) is 5.79. The zero-order chi connectivity index (χ0) is 16.2. The fourth-order valence-electron chi connectivity index (χ4n) is 2.89. The molecule has 2 aromatic rings. The minimum Gasteiger partial charge on any atom is -0.334 e. The van der Waals surface area contributed by atoms with Crippen LogP contribution in [-0.2, 0) is 13.0 Å². The van der Waals surface area contributed by atoms with E-state index in [0.29, 0.717) is 13.0 Å². The third kappa shape index (κ3) is 3.67. The van der Waals surface area contributed by atoms with Gasteiger partial charge in [-0.05, 0) is 54.0 Å². The normalized spacial score (nSPS) is 16.0. The molecule has 0 aliphatic heterocycles. The Balaban J connectivity index is 1.55. The van der Waals surface area contributed by atoms with Crippen LogP contribution in [0.5, 0.6) is 0 Å². The lowest BCUT2D eigenvalue weighted by Gasteiger charge is -2.15. The van der Waals surface area contributed by atoms with Crippen molar-refractivity contribution in [3.8, 4) is 0 Å². The number of benzene rings is 2. The van der Waals surface area contributed by atoms with Crippen molar-refractivity contribution in [2.24, 2.45) is 0 Å². The van der Waals surface area contributed by atoms with Gasteiger partial charge in [-0.25, -0.2) is 9.18 Å². The molecule has 0 spiro atoms. The molecular formula is C18H19FN2OS. The Morgan fingerprint density at radius 3 is 2.78 bits per heavy atom. The fraction of sp³-hybridized carbons (Fsp3) is 0.278. The van der Waals surface area contributed by atoms with Crippen LogP contribution in [0.1, 0.15) is 29.2 Å². The number of carbonyl (C=O) groups excluding carboxylic acids is 1. The van der Waals surface area contributed by atoms with Gasteiger partial charge in [0, 0.05) is 11.4 Å². The molecule has 1 atom stereocenters. The molecule has 1 aliphatic rings. The number of nitrogens with one attached hydrogen (secondary N) is 2. The summed E-state index contributed by atoms with van der Waals surface area (Å²) in [6.45, 7) is 0.475. The zero-order valence-corrected chi connectivity index (χ0v) is 13.8. The van der Waals surface area contributed by atoms with Crippen molar-refractivity contribution in [2.45, 2.75) is 30.3 Å². The summed E-state index contributed by atoms with van der Waals surface area (Å²) < 4.78 is 13.7. The number of fused-ring (bicyclic) bond motifs is 1. The van der Waals surface area contributed by atoms with Gasteiger partial charge in [0.15, 0.2) is 0 Å². The lowest BCUT2D eigenvalue weighted by atomic mass is 10.1. The molecular weight excluding hydrogens is 311 g/mol. The van der Waals surface area contributed by atoms with Crippen LogP contribution in [0.25, 0.3) is 0 Å². The Morgan fingerprint density at radius 2 is 2.04 bits per heavy atom. The molecule has 0 bridgehead atoms. The van der Waals surface area contributed by atoms with Crippen molar-refractivity contribution in [1.29, 1.82) is 0 Å². The summed E-state index contributed by atoms with van der Waals surface area (Å²) in [7, 11) is 0. The number of hydrogen-bond acceptors (Lipinski definition) is 2. The van der Waals surface area contributed by atoms with E-state index in [2.05, 4.69) is 10.6 Å². The quantitative estimate of drug-likeness (QED) is 0.831. The molecule has 2 amide bonds. The topological polar surface area (TPSA) is 41.1 Å². The minimum absolute atomic E-state index is 0.112. The molecule has 0 heterocycles. The maximum absolute atomic E-state index is 13.7. The number of thioether (sulfide) groups is 1. The van der Waals surface area contributed by atoms with Crippen molar-refractivity contribution in [3.05, 3.63) is 65.0 Å². The van der Waals surface area contributed by atoms with E-state index >= 15 is 0 Å². The van der Waals surface area contributed by atoms with Crippen LogP contribution in [0.15, 0.2) is 47.4 Å². The number of urea groups is 1. The SMILES string of the molecule is CSc1ccc(CNC(=O)NC2CCc3c(F)cccc32)cc1. The first kappa shape index (κ1) is 15.9. The molecule has 120 valence electrons. The van der Waals surface area contributed by atoms with Crippen molar-refractivity contribution in [1.82, 2.24) is 10.6 Å². The summed E-state index contributed by atoms with van der Waals surface area (Å²) in [5.74, 6) is -0.180. The van der Waals surface area contributed by atoms with E-state index in [1.807, 2.05) is 36.6 Å². The molecule has 2 aromatic carbocycles. The predicted molar refractivity (Wildman–Crippen MR) is 91.1 cm³/mol. The molecule has 0 saturated carbocycles. The van der Waals surface area contributed by atoms with Gasteiger partial charge >= 0.3 is 6.03 Å². The molecule has 3 rings (SSSR count). The largest absolute Gasteiger partial charge is 0.334 e. The van der Waals surface area contributed by atoms with E-state index in [1.165, 1.54) is 11.0 Å². The van der Waals surface area contributed by atoms with Crippen LogP contribution in [-0.4, -0.2) is 12.3 Å². The average Bonchev–Trinajstić information content (AvgIpc) is 2.98. The maximum atomic E-state index is 13.7. The highest BCUT2D eigenvalue weighted by molar-refractivity contribution is 7.98. The smallest absolute Gasteiger partial charge is 0.315 e. The summed E-state index contributed by atoms with van der Waals surface area (Å²) in [4.78, 5) is 13.3. The van der Waals surface area contributed by atoms with Gasteiger partial charge < -0.3 is 10.6 Å². The highest BCUT2D eigenvalue weighted by Gasteiger charge is 2.25. The van der Waals surface area contributed by atoms with Crippen molar-refractivity contribution in [3.63, 3.8) is 0 Å². The average molecular weight is 330 g/mol. The maximum Gasteiger partial charge on any atom is 0.315 e. The number of rotatable bonds is 4. The van der Waals surface area contributed by atoms with Gasteiger partial charge in [0.25, 0.3) is 0 Å². The van der Waals surface area contributed by atoms with E-state index in [4.69, 9.17) is 0 Å². The standard InChI is InChI=1S/C18H19FN2OS/c1-23-13-7-5-12(6-8-13)11-20-18(22)21-17-10-9-14-15(17)3-2-4-16(14)19/h2-8,17H,9-11H2,1H3,(H2,20,21,22). The highest BCUT2D eigenvalue weighted by Crippen LogP contribution is 2.32. The van der Waals surface area contributed by atoms with E-state index in [9.17, 15) is 9.18 Å². The molecule has 0 aromatic heterocycles. The van der Waals surface area contributed by atoms with Gasteiger partial charge in [0.2, 0.25) is 0 Å². The fourth-order valence-corrected chi connectivity index (χ4v) is 3.30. The summed E-state index contributed by atoms with van der Waals surface area (Å²) in [6, 6.07) is 12.8. The van der Waals surface area contributed by atoms with Crippen molar-refractivity contribution < 1.29 is 9.18 Å². The third-order valence-corrected chi connectivity index (χ3v) is 4.87. The van der Waals surface area contributed by atoms with Crippen molar-refractivity contribution in [2.75, 3.05) is 6.26 Å². The molecule has 0 radical (unpaired) electrons. The van der Waals surface area contributed by atoms with Crippen LogP contribution >= 0.6 is 11.8 Å². The number of amides is 2. The Labute approximate surface area is 139 Å². The van der Waals surface area contributed by atoms with E-state index in [0.717, 1.165) is 23.1 Å². The number of halogens is 1. The second kappa shape index (κ2) is 7.04. The van der Waals surface area contributed by atoms with Crippen LogP contribution in [0.3, 0.4) is 0 Å². The summed E-state index contributed by atoms with van der Waals surface area (Å²) in [6.07, 6.45) is 3.44. The van der Waals surface area contributed by atoms with E-state index in [1.54, 1.807) is 17.8 Å². The zero-order valence-electron chi connectivity index (χ0n) is 12.9. The Hall–Kier alpha value is -2.01. The summed E-state index contributed by atoms with van der Waals surface area (Å²) >= 11 is 1.69. The van der Waals surface area contributed by atoms with Gasteiger partial charge in [-0.15, -0.1) is 11.8 Å². The second-order valence-electron chi connectivity index (χ2n) is 5.57. The number of hydrogen-bond donors (Lipinski definition) is 2. The summed E-state index contributed by atoms with van der Waals surface area (Å²) in [5.41, 5.74) is 2.67. The monoisotopic (exact) mass is 330 g/mol. The molecule has 2 N–H and O–H groups in total. The van der Waals surface area contributed by atoms with Gasteiger partial charge in [0.05, 0.1) is 6.04 Å². The predicted octanol–water partition coefficient (Wildman–Crippen LogP) is 4.03. The first-order valence-electron chi connectivity index (χ1n) is 7.62. The van der Waals surface area contributed by atoms with Crippen LogP contribution in [0.4, 0.5) is 9.18 Å². The lowest BCUT2D eigenvalue weighted by molar-refractivity contribution is 0.236. The second-order valence-corrected chi connectivity index (χ2v) is 6.45. The Morgan fingerprint density at radius 1 is 1.26 bits per heavy atom. The Kier molecular flexibility index (Phi) is 4.86. The van der Waals surface area contributed by atoms with Gasteiger partial charge in [-0.2, -0.15) is 0 Å².